The van der Waals surface area contributed by atoms with Crippen molar-refractivity contribution < 1.29 is 13.5 Å². The molecule has 2 heterocycles. The molecular formula is C23H26F2N4O. The fourth-order valence-corrected chi connectivity index (χ4v) is 3.80. The van der Waals surface area contributed by atoms with Gasteiger partial charge in [0.05, 0.1) is 6.04 Å². The zero-order valence-corrected chi connectivity index (χ0v) is 17.1. The standard InChI is InChI=1S/C23H26F2N4O/c1-14-6-7-18-20(29(14)2)9-8-17(15(10-26)11-28-16-12-27-13-16)23(18)30-21-5-3-4-19(24)22(21)25/h3-5,8-11,14,16,26-28H,6-7,12-13H2,1-2H3/b15-11+,26-10?. The molecule has 0 bridgehead atoms. The maximum Gasteiger partial charge on any atom is 0.201 e. The molecule has 2 aromatic carbocycles. The molecule has 30 heavy (non-hydrogen) atoms. The Balaban J connectivity index is 1.81. The number of hydrogen-bond donors (Lipinski definition) is 3. The van der Waals surface area contributed by atoms with Crippen molar-refractivity contribution in [3.63, 3.8) is 0 Å². The smallest absolute Gasteiger partial charge is 0.201 e. The summed E-state index contributed by atoms with van der Waals surface area (Å²) in [6.45, 7) is 3.89. The molecule has 0 saturated carbocycles. The van der Waals surface area contributed by atoms with E-state index in [9.17, 15) is 8.78 Å². The SMILES string of the molecule is CC1CCc2c(ccc(/C(C=N)=C/NC3CNC3)c2Oc2cccc(F)c2F)N1C. The number of fused-ring (bicyclic) bond motifs is 1. The zero-order chi connectivity index (χ0) is 21.3. The van der Waals surface area contributed by atoms with E-state index in [0.717, 1.165) is 43.2 Å². The number of allylic oxidation sites excluding steroid dienone is 1. The first-order chi connectivity index (χ1) is 14.5. The average molecular weight is 412 g/mol. The highest BCUT2D eigenvalue weighted by atomic mass is 19.2. The molecule has 0 spiro atoms. The molecule has 5 nitrogen and oxygen atoms in total. The van der Waals surface area contributed by atoms with E-state index in [1.165, 1.54) is 18.3 Å². The summed E-state index contributed by atoms with van der Waals surface area (Å²) in [6, 6.07) is 8.49. The number of halogens is 2. The molecule has 2 aliphatic heterocycles. The van der Waals surface area contributed by atoms with Crippen LogP contribution < -0.4 is 20.3 Å². The van der Waals surface area contributed by atoms with Gasteiger partial charge in [0, 0.05) is 61.0 Å². The van der Waals surface area contributed by atoms with Crippen molar-refractivity contribution in [1.82, 2.24) is 10.6 Å². The van der Waals surface area contributed by atoms with Gasteiger partial charge in [-0.25, -0.2) is 4.39 Å². The Hall–Kier alpha value is -2.93. The summed E-state index contributed by atoms with van der Waals surface area (Å²) in [5, 5.41) is 14.4. The number of benzene rings is 2. The van der Waals surface area contributed by atoms with Gasteiger partial charge in [0.1, 0.15) is 5.75 Å². The van der Waals surface area contributed by atoms with E-state index < -0.39 is 11.6 Å². The molecule has 0 aliphatic carbocycles. The minimum Gasteiger partial charge on any atom is -0.453 e. The first kappa shape index (κ1) is 20.3. The summed E-state index contributed by atoms with van der Waals surface area (Å²) in [4.78, 5) is 2.17. The van der Waals surface area contributed by atoms with Crippen molar-refractivity contribution in [2.24, 2.45) is 0 Å². The molecule has 1 saturated heterocycles. The van der Waals surface area contributed by atoms with Gasteiger partial charge < -0.3 is 25.7 Å². The van der Waals surface area contributed by atoms with Gasteiger partial charge in [0.25, 0.3) is 0 Å². The molecule has 0 aromatic heterocycles. The summed E-state index contributed by atoms with van der Waals surface area (Å²) < 4.78 is 34.2. The van der Waals surface area contributed by atoms with Crippen molar-refractivity contribution in [3.8, 4) is 11.5 Å². The van der Waals surface area contributed by atoms with E-state index in [2.05, 4.69) is 22.5 Å². The molecule has 1 unspecified atom stereocenters. The first-order valence-corrected chi connectivity index (χ1v) is 10.2. The quantitative estimate of drug-likeness (QED) is 0.626. The van der Waals surface area contributed by atoms with Crippen molar-refractivity contribution in [2.75, 3.05) is 25.0 Å². The third-order valence-corrected chi connectivity index (χ3v) is 5.94. The number of nitrogens with zero attached hydrogens (tertiary/aromatic N) is 1. The highest BCUT2D eigenvalue weighted by Crippen LogP contribution is 2.42. The minimum absolute atomic E-state index is 0.161. The van der Waals surface area contributed by atoms with Gasteiger partial charge in [-0.3, -0.25) is 0 Å². The summed E-state index contributed by atoms with van der Waals surface area (Å²) >= 11 is 0. The van der Waals surface area contributed by atoms with Crippen LogP contribution in [0.3, 0.4) is 0 Å². The normalized spacial score (nSPS) is 19.1. The van der Waals surface area contributed by atoms with Crippen LogP contribution in [-0.2, 0) is 6.42 Å². The van der Waals surface area contributed by atoms with Crippen LogP contribution in [0, 0.1) is 17.0 Å². The van der Waals surface area contributed by atoms with Crippen molar-refractivity contribution in [1.29, 1.82) is 5.41 Å². The second-order valence-corrected chi connectivity index (χ2v) is 7.86. The van der Waals surface area contributed by atoms with E-state index in [4.69, 9.17) is 10.1 Å². The van der Waals surface area contributed by atoms with Crippen molar-refractivity contribution in [3.05, 3.63) is 59.3 Å². The number of anilines is 1. The van der Waals surface area contributed by atoms with Crippen molar-refractivity contribution >= 4 is 17.5 Å². The van der Waals surface area contributed by atoms with Crippen LogP contribution >= 0.6 is 0 Å². The van der Waals surface area contributed by atoms with Gasteiger partial charge >= 0.3 is 0 Å². The molecule has 2 aromatic rings. The third-order valence-electron chi connectivity index (χ3n) is 5.94. The fourth-order valence-electron chi connectivity index (χ4n) is 3.80. The zero-order valence-electron chi connectivity index (χ0n) is 17.1. The lowest BCUT2D eigenvalue weighted by Crippen LogP contribution is -2.53. The lowest BCUT2D eigenvalue weighted by atomic mass is 9.92. The highest BCUT2D eigenvalue weighted by molar-refractivity contribution is 6.09. The molecule has 0 amide bonds. The van der Waals surface area contributed by atoms with E-state index in [1.807, 2.05) is 19.2 Å². The van der Waals surface area contributed by atoms with Crippen LogP contribution in [0.25, 0.3) is 5.57 Å². The number of nitrogens with one attached hydrogen (secondary N) is 3. The predicted octanol–water partition coefficient (Wildman–Crippen LogP) is 4.08. The Labute approximate surface area is 175 Å². The second kappa shape index (κ2) is 8.44. The second-order valence-electron chi connectivity index (χ2n) is 7.86. The van der Waals surface area contributed by atoms with E-state index >= 15 is 0 Å². The number of ether oxygens (including phenoxy) is 1. The Kier molecular flexibility index (Phi) is 5.72. The van der Waals surface area contributed by atoms with Gasteiger partial charge in [0.2, 0.25) is 5.82 Å². The highest BCUT2D eigenvalue weighted by Gasteiger charge is 2.27. The Bertz CT molecular complexity index is 987. The average Bonchev–Trinajstić information content (AvgIpc) is 2.71. The van der Waals surface area contributed by atoms with Crippen LogP contribution in [0.4, 0.5) is 14.5 Å². The maximum atomic E-state index is 14.4. The fraction of sp³-hybridized carbons (Fsp3) is 0.348. The molecule has 4 rings (SSSR count). The number of rotatable bonds is 6. The monoisotopic (exact) mass is 412 g/mol. The van der Waals surface area contributed by atoms with Crippen LogP contribution in [0.1, 0.15) is 24.5 Å². The predicted molar refractivity (Wildman–Crippen MR) is 116 cm³/mol. The van der Waals surface area contributed by atoms with Crippen LogP contribution in [0.15, 0.2) is 36.5 Å². The summed E-state index contributed by atoms with van der Waals surface area (Å²) in [5.74, 6) is -1.66. The lowest BCUT2D eigenvalue weighted by Gasteiger charge is -2.35. The molecule has 0 radical (unpaired) electrons. The first-order valence-electron chi connectivity index (χ1n) is 10.2. The van der Waals surface area contributed by atoms with Crippen LogP contribution in [0.5, 0.6) is 11.5 Å². The van der Waals surface area contributed by atoms with Gasteiger partial charge in [-0.05, 0) is 44.0 Å². The van der Waals surface area contributed by atoms with Gasteiger partial charge in [-0.2, -0.15) is 4.39 Å². The molecule has 1 fully saturated rings. The van der Waals surface area contributed by atoms with E-state index in [1.54, 1.807) is 6.20 Å². The lowest BCUT2D eigenvalue weighted by molar-refractivity contribution is 0.401. The summed E-state index contributed by atoms with van der Waals surface area (Å²) in [5.41, 5.74) is 3.24. The van der Waals surface area contributed by atoms with Crippen LogP contribution in [0.2, 0.25) is 0 Å². The van der Waals surface area contributed by atoms with Crippen molar-refractivity contribution in [2.45, 2.75) is 31.8 Å². The Morgan fingerprint density at radius 2 is 2.07 bits per heavy atom. The Morgan fingerprint density at radius 3 is 2.77 bits per heavy atom. The van der Waals surface area contributed by atoms with E-state index in [0.29, 0.717) is 29.0 Å². The molecule has 2 aliphatic rings. The van der Waals surface area contributed by atoms with Crippen LogP contribution in [-0.4, -0.2) is 38.4 Å². The number of hydrogen-bond acceptors (Lipinski definition) is 5. The molecule has 7 heteroatoms. The maximum absolute atomic E-state index is 14.4. The Morgan fingerprint density at radius 1 is 1.27 bits per heavy atom. The molecule has 3 N–H and O–H groups in total. The largest absolute Gasteiger partial charge is 0.453 e. The van der Waals surface area contributed by atoms with E-state index in [-0.39, 0.29) is 5.75 Å². The van der Waals surface area contributed by atoms with Gasteiger partial charge in [0.15, 0.2) is 11.6 Å². The third kappa shape index (κ3) is 3.77. The molecular weight excluding hydrogens is 386 g/mol. The van der Waals surface area contributed by atoms with Gasteiger partial charge in [-0.1, -0.05) is 6.07 Å². The molecule has 1 atom stereocenters. The summed E-state index contributed by atoms with van der Waals surface area (Å²) in [7, 11) is 2.02. The topological polar surface area (TPSA) is 60.4 Å². The summed E-state index contributed by atoms with van der Waals surface area (Å²) in [6.07, 6.45) is 4.73. The molecule has 158 valence electrons. The minimum atomic E-state index is -1.02. The van der Waals surface area contributed by atoms with Gasteiger partial charge in [-0.15, -0.1) is 0 Å².